The number of carbonyl (C=O) groups is 1. The van der Waals surface area contributed by atoms with Crippen LogP contribution in [0.4, 0.5) is 0 Å². The van der Waals surface area contributed by atoms with Gasteiger partial charge in [-0.25, -0.2) is 8.42 Å². The van der Waals surface area contributed by atoms with Crippen LogP contribution in [0.1, 0.15) is 206 Å². The Hall–Kier alpha value is -1.10. The molecule has 0 aliphatic rings. The SMILES string of the molecule is CCCCCCCCC=CCCCCCCCCC(CCCCCCCC/C=C\CCCCCCCC)C(=O)NS(C)(=O)=O. The van der Waals surface area contributed by atoms with Gasteiger partial charge < -0.3 is 0 Å². The predicted octanol–water partition coefficient (Wildman–Crippen LogP) is 12.5. The van der Waals surface area contributed by atoms with Crippen molar-refractivity contribution < 1.29 is 13.2 Å². The largest absolute Gasteiger partial charge is 0.274 e. The van der Waals surface area contributed by atoms with E-state index in [4.69, 9.17) is 0 Å². The Labute approximate surface area is 276 Å². The van der Waals surface area contributed by atoms with Gasteiger partial charge in [-0.2, -0.15) is 0 Å². The van der Waals surface area contributed by atoms with Gasteiger partial charge in [0, 0.05) is 5.92 Å². The summed E-state index contributed by atoms with van der Waals surface area (Å²) >= 11 is 0. The van der Waals surface area contributed by atoms with Crippen LogP contribution >= 0.6 is 0 Å². The maximum atomic E-state index is 12.6. The van der Waals surface area contributed by atoms with E-state index in [0.717, 1.165) is 44.8 Å². The molecule has 0 aliphatic heterocycles. The number of sulfonamides is 1. The molecular formula is C39H75NO3S. The van der Waals surface area contributed by atoms with Crippen LogP contribution in [0.5, 0.6) is 0 Å². The summed E-state index contributed by atoms with van der Waals surface area (Å²) in [7, 11) is -3.50. The van der Waals surface area contributed by atoms with Crippen molar-refractivity contribution in [3.8, 4) is 0 Å². The zero-order valence-electron chi connectivity index (χ0n) is 29.7. The predicted molar refractivity (Wildman–Crippen MR) is 195 cm³/mol. The van der Waals surface area contributed by atoms with Gasteiger partial charge >= 0.3 is 0 Å². The van der Waals surface area contributed by atoms with Crippen LogP contribution in [0.2, 0.25) is 0 Å². The molecular weight excluding hydrogens is 563 g/mol. The Morgan fingerprint density at radius 3 is 1.05 bits per heavy atom. The fourth-order valence-corrected chi connectivity index (χ4v) is 6.48. The van der Waals surface area contributed by atoms with Crippen LogP contribution in [0.25, 0.3) is 0 Å². The number of carbonyl (C=O) groups excluding carboxylic acids is 1. The van der Waals surface area contributed by atoms with E-state index in [1.165, 1.54) is 154 Å². The Bertz CT molecular complexity index is 732. The highest BCUT2D eigenvalue weighted by molar-refractivity contribution is 7.89. The molecule has 0 aromatic heterocycles. The van der Waals surface area contributed by atoms with E-state index < -0.39 is 10.0 Å². The second-order valence-corrected chi connectivity index (χ2v) is 15.1. The van der Waals surface area contributed by atoms with E-state index in [9.17, 15) is 13.2 Å². The average molecular weight is 638 g/mol. The van der Waals surface area contributed by atoms with Crippen molar-refractivity contribution in [2.45, 2.75) is 206 Å². The lowest BCUT2D eigenvalue weighted by Gasteiger charge is -2.16. The summed E-state index contributed by atoms with van der Waals surface area (Å²) in [5, 5.41) is 0. The molecule has 1 N–H and O–H groups in total. The van der Waals surface area contributed by atoms with Gasteiger partial charge in [-0.1, -0.05) is 167 Å². The molecule has 0 fully saturated rings. The normalized spacial score (nSPS) is 12.9. The molecule has 0 aromatic rings. The molecule has 0 heterocycles. The second kappa shape index (κ2) is 33.3. The Kier molecular flexibility index (Phi) is 32.4. The first kappa shape index (κ1) is 42.9. The monoisotopic (exact) mass is 638 g/mol. The van der Waals surface area contributed by atoms with Crippen molar-refractivity contribution in [3.05, 3.63) is 24.3 Å². The maximum Gasteiger partial charge on any atom is 0.236 e. The molecule has 1 atom stereocenters. The first-order chi connectivity index (χ1) is 21.4. The molecule has 260 valence electrons. The van der Waals surface area contributed by atoms with Crippen molar-refractivity contribution in [2.75, 3.05) is 6.26 Å². The van der Waals surface area contributed by atoms with Gasteiger partial charge in [0.15, 0.2) is 0 Å². The van der Waals surface area contributed by atoms with Gasteiger partial charge in [0.25, 0.3) is 0 Å². The molecule has 1 unspecified atom stereocenters. The minimum Gasteiger partial charge on any atom is -0.274 e. The minimum atomic E-state index is -3.50. The van der Waals surface area contributed by atoms with Crippen molar-refractivity contribution in [3.63, 3.8) is 0 Å². The first-order valence-electron chi connectivity index (χ1n) is 19.2. The highest BCUT2D eigenvalue weighted by atomic mass is 32.2. The van der Waals surface area contributed by atoms with Crippen molar-refractivity contribution in [2.24, 2.45) is 5.92 Å². The summed E-state index contributed by atoms with van der Waals surface area (Å²) in [6, 6.07) is 0. The zero-order chi connectivity index (χ0) is 32.4. The molecule has 0 rings (SSSR count). The average Bonchev–Trinajstić information content (AvgIpc) is 2.98. The number of unbranched alkanes of at least 4 members (excludes halogenated alkanes) is 24. The molecule has 0 bridgehead atoms. The van der Waals surface area contributed by atoms with Gasteiger partial charge in [0.05, 0.1) is 6.26 Å². The zero-order valence-corrected chi connectivity index (χ0v) is 30.5. The summed E-state index contributed by atoms with van der Waals surface area (Å²) in [4.78, 5) is 12.6. The quantitative estimate of drug-likeness (QED) is 0.0564. The topological polar surface area (TPSA) is 63.2 Å². The van der Waals surface area contributed by atoms with Crippen LogP contribution in [-0.2, 0) is 14.8 Å². The first-order valence-corrected chi connectivity index (χ1v) is 21.1. The van der Waals surface area contributed by atoms with E-state index in [1.807, 2.05) is 0 Å². The van der Waals surface area contributed by atoms with Crippen molar-refractivity contribution in [1.82, 2.24) is 4.72 Å². The molecule has 0 radical (unpaired) electrons. The fraction of sp³-hybridized carbons (Fsp3) is 0.872. The van der Waals surface area contributed by atoms with Crippen LogP contribution < -0.4 is 4.72 Å². The van der Waals surface area contributed by atoms with Crippen LogP contribution in [0.15, 0.2) is 24.3 Å². The number of amides is 1. The molecule has 0 saturated heterocycles. The molecule has 0 aromatic carbocycles. The molecule has 5 heteroatoms. The lowest BCUT2D eigenvalue weighted by molar-refractivity contribution is -0.123. The number of hydrogen-bond acceptors (Lipinski definition) is 3. The number of rotatable bonds is 34. The van der Waals surface area contributed by atoms with E-state index in [-0.39, 0.29) is 11.8 Å². The van der Waals surface area contributed by atoms with E-state index in [2.05, 4.69) is 42.9 Å². The van der Waals surface area contributed by atoms with Gasteiger partial charge in [0.1, 0.15) is 0 Å². The number of nitrogens with one attached hydrogen (secondary N) is 1. The van der Waals surface area contributed by atoms with Crippen molar-refractivity contribution in [1.29, 1.82) is 0 Å². The van der Waals surface area contributed by atoms with Crippen LogP contribution in [0, 0.1) is 5.92 Å². The molecule has 0 spiro atoms. The molecule has 0 saturated carbocycles. The summed E-state index contributed by atoms with van der Waals surface area (Å²) < 4.78 is 25.6. The summed E-state index contributed by atoms with van der Waals surface area (Å²) in [5.41, 5.74) is 0. The smallest absolute Gasteiger partial charge is 0.236 e. The van der Waals surface area contributed by atoms with E-state index in [1.54, 1.807) is 0 Å². The third-order valence-corrected chi connectivity index (χ3v) is 9.36. The molecule has 0 aliphatic carbocycles. The van der Waals surface area contributed by atoms with E-state index >= 15 is 0 Å². The molecule has 44 heavy (non-hydrogen) atoms. The maximum absolute atomic E-state index is 12.6. The fourth-order valence-electron chi connectivity index (χ4n) is 5.95. The Morgan fingerprint density at radius 1 is 0.477 bits per heavy atom. The van der Waals surface area contributed by atoms with E-state index in [0.29, 0.717) is 0 Å². The molecule has 4 nitrogen and oxygen atoms in total. The summed E-state index contributed by atoms with van der Waals surface area (Å²) in [5.74, 6) is -0.480. The lowest BCUT2D eigenvalue weighted by Crippen LogP contribution is -2.35. The lowest BCUT2D eigenvalue weighted by atomic mass is 9.93. The minimum absolute atomic E-state index is 0.182. The van der Waals surface area contributed by atoms with Gasteiger partial charge in [-0.3, -0.25) is 9.52 Å². The number of hydrogen-bond donors (Lipinski definition) is 1. The molecule has 1 amide bonds. The third-order valence-electron chi connectivity index (χ3n) is 8.79. The van der Waals surface area contributed by atoms with Gasteiger partial charge in [-0.05, 0) is 64.2 Å². The number of allylic oxidation sites excluding steroid dienone is 4. The third kappa shape index (κ3) is 33.8. The highest BCUT2D eigenvalue weighted by Crippen LogP contribution is 2.20. The Balaban J connectivity index is 3.89. The summed E-state index contributed by atoms with van der Waals surface area (Å²) in [6.45, 7) is 4.54. The second-order valence-electron chi connectivity index (χ2n) is 13.4. The Morgan fingerprint density at radius 2 is 0.750 bits per heavy atom. The highest BCUT2D eigenvalue weighted by Gasteiger charge is 2.20. The van der Waals surface area contributed by atoms with Crippen LogP contribution in [0.3, 0.4) is 0 Å². The van der Waals surface area contributed by atoms with Gasteiger partial charge in [0.2, 0.25) is 15.9 Å². The van der Waals surface area contributed by atoms with Crippen molar-refractivity contribution >= 4 is 15.9 Å². The van der Waals surface area contributed by atoms with Crippen LogP contribution in [-0.4, -0.2) is 20.6 Å². The van der Waals surface area contributed by atoms with Gasteiger partial charge in [-0.15, -0.1) is 0 Å². The summed E-state index contributed by atoms with van der Waals surface area (Å²) in [6.07, 6.45) is 47.7. The standard InChI is InChI=1S/C39H75NO3S/c1-4-6-8-10-12-14-16-18-20-22-24-26-28-30-32-34-36-38(39(41)40-44(3,42)43)37-35-33-31-29-27-25-23-21-19-17-15-13-11-9-7-5-2/h18-21,38H,4-17,22-37H2,1-3H3,(H,40,41)/b20-18-,21-19?.